The predicted molar refractivity (Wildman–Crippen MR) is 131 cm³/mol. The fourth-order valence-electron chi connectivity index (χ4n) is 3.49. The van der Waals surface area contributed by atoms with Crippen molar-refractivity contribution in [1.82, 2.24) is 4.98 Å². The summed E-state index contributed by atoms with van der Waals surface area (Å²) in [5.41, 5.74) is 15.0. The first-order valence-corrected chi connectivity index (χ1v) is 11.1. The Morgan fingerprint density at radius 1 is 1.15 bits per heavy atom. The number of nitrogens with zero attached hydrogens (tertiary/aromatic N) is 2. The summed E-state index contributed by atoms with van der Waals surface area (Å²) < 4.78 is 6.12. The molecule has 1 aromatic heterocycles. The molecule has 0 spiro atoms. The number of pyridine rings is 1. The quantitative estimate of drug-likeness (QED) is 0.278. The maximum atomic E-state index is 12.5. The maximum absolute atomic E-state index is 12.5. The molecule has 2 atom stereocenters. The predicted octanol–water partition coefficient (Wildman–Crippen LogP) is 4.60. The number of nitro benzene ring substituents is 1. The van der Waals surface area contributed by atoms with Gasteiger partial charge in [0.15, 0.2) is 0 Å². The topological polar surface area (TPSA) is 146 Å². The molecule has 2 unspecified atom stereocenters. The van der Waals surface area contributed by atoms with E-state index in [1.807, 2.05) is 12.1 Å². The molecule has 9 heteroatoms. The van der Waals surface area contributed by atoms with Crippen molar-refractivity contribution >= 4 is 23.1 Å². The van der Waals surface area contributed by atoms with Crippen LogP contribution in [0.2, 0.25) is 0 Å². The van der Waals surface area contributed by atoms with Gasteiger partial charge in [0.2, 0.25) is 0 Å². The van der Waals surface area contributed by atoms with Gasteiger partial charge >= 0.3 is 0 Å². The van der Waals surface area contributed by atoms with E-state index < -0.39 is 4.92 Å². The molecule has 3 rings (SSSR count). The Bertz CT molecular complexity index is 1100. The minimum Gasteiger partial charge on any atom is -0.384 e. The van der Waals surface area contributed by atoms with Gasteiger partial charge in [-0.1, -0.05) is 31.9 Å². The van der Waals surface area contributed by atoms with E-state index in [1.54, 1.807) is 36.4 Å². The van der Waals surface area contributed by atoms with Crippen molar-refractivity contribution in [1.29, 1.82) is 0 Å². The van der Waals surface area contributed by atoms with Crippen molar-refractivity contribution in [2.75, 3.05) is 11.1 Å². The molecule has 0 aliphatic heterocycles. The van der Waals surface area contributed by atoms with E-state index in [1.165, 1.54) is 18.3 Å². The minimum absolute atomic E-state index is 0.0412. The van der Waals surface area contributed by atoms with Crippen LogP contribution in [0.15, 0.2) is 66.9 Å². The zero-order valence-corrected chi connectivity index (χ0v) is 19.0. The molecule has 9 nitrogen and oxygen atoms in total. The van der Waals surface area contributed by atoms with Crippen molar-refractivity contribution < 1.29 is 14.5 Å². The van der Waals surface area contributed by atoms with Crippen molar-refractivity contribution in [3.05, 3.63) is 93.7 Å². The van der Waals surface area contributed by atoms with Crippen LogP contribution in [0.4, 0.5) is 17.2 Å². The Morgan fingerprint density at radius 2 is 1.85 bits per heavy atom. The summed E-state index contributed by atoms with van der Waals surface area (Å²) >= 11 is 0. The maximum Gasteiger partial charge on any atom is 0.269 e. The van der Waals surface area contributed by atoms with Crippen LogP contribution >= 0.6 is 0 Å². The summed E-state index contributed by atoms with van der Waals surface area (Å²) in [5.74, 6) is 0.0636. The first-order valence-electron chi connectivity index (χ1n) is 11.1. The van der Waals surface area contributed by atoms with Gasteiger partial charge in [0.25, 0.3) is 11.6 Å². The largest absolute Gasteiger partial charge is 0.384 e. The average Bonchev–Trinajstić information content (AvgIpc) is 2.84. The number of nitrogen functional groups attached to an aromatic ring is 1. The lowest BCUT2D eigenvalue weighted by atomic mass is 9.97. The van der Waals surface area contributed by atoms with Crippen LogP contribution in [0.3, 0.4) is 0 Å². The fraction of sp³-hybridized carbons (Fsp3) is 0.280. The van der Waals surface area contributed by atoms with Gasteiger partial charge < -0.3 is 21.5 Å². The molecular formula is C25H29N5O4. The number of anilines is 2. The van der Waals surface area contributed by atoms with E-state index in [0.717, 1.165) is 30.4 Å². The van der Waals surface area contributed by atoms with Crippen molar-refractivity contribution in [3.8, 4) is 0 Å². The SMILES string of the molecule is CCCCC(OCc1ccc([N+](=O)[O-])cc1)C(N)c1ccc(C(=O)Nc2ccnc(N)c2)cc1. The summed E-state index contributed by atoms with van der Waals surface area (Å²) in [6.07, 6.45) is 4.02. The highest BCUT2D eigenvalue weighted by Gasteiger charge is 2.21. The van der Waals surface area contributed by atoms with Gasteiger partial charge in [0, 0.05) is 35.6 Å². The van der Waals surface area contributed by atoms with Gasteiger partial charge in [0.05, 0.1) is 23.7 Å². The third-order valence-electron chi connectivity index (χ3n) is 5.45. The van der Waals surface area contributed by atoms with Gasteiger partial charge in [-0.15, -0.1) is 0 Å². The number of nitrogens with two attached hydrogens (primary N) is 2. The van der Waals surface area contributed by atoms with Crippen molar-refractivity contribution in [2.24, 2.45) is 5.73 Å². The van der Waals surface area contributed by atoms with Gasteiger partial charge in [-0.3, -0.25) is 14.9 Å². The second-order valence-corrected chi connectivity index (χ2v) is 7.99. The number of amides is 1. The highest BCUT2D eigenvalue weighted by molar-refractivity contribution is 6.04. The van der Waals surface area contributed by atoms with Crippen molar-refractivity contribution in [3.63, 3.8) is 0 Å². The van der Waals surface area contributed by atoms with Gasteiger partial charge in [-0.25, -0.2) is 4.98 Å². The lowest BCUT2D eigenvalue weighted by Crippen LogP contribution is -2.29. The number of hydrogen-bond donors (Lipinski definition) is 3. The number of nitrogens with one attached hydrogen (secondary N) is 1. The van der Waals surface area contributed by atoms with E-state index in [9.17, 15) is 14.9 Å². The number of rotatable bonds is 11. The van der Waals surface area contributed by atoms with Crippen LogP contribution in [0.25, 0.3) is 0 Å². The number of aromatic nitrogens is 1. The Morgan fingerprint density at radius 3 is 2.47 bits per heavy atom. The third-order valence-corrected chi connectivity index (χ3v) is 5.45. The van der Waals surface area contributed by atoms with Gasteiger partial charge in [0.1, 0.15) is 5.82 Å². The van der Waals surface area contributed by atoms with E-state index in [0.29, 0.717) is 23.7 Å². The van der Waals surface area contributed by atoms with Crippen LogP contribution in [0, 0.1) is 10.1 Å². The zero-order chi connectivity index (χ0) is 24.5. The van der Waals surface area contributed by atoms with E-state index >= 15 is 0 Å². The molecule has 1 amide bonds. The second kappa shape index (κ2) is 11.9. The minimum atomic E-state index is -0.430. The van der Waals surface area contributed by atoms with Crippen LogP contribution < -0.4 is 16.8 Å². The normalized spacial score (nSPS) is 12.6. The van der Waals surface area contributed by atoms with Crippen LogP contribution in [-0.2, 0) is 11.3 Å². The number of benzene rings is 2. The molecule has 0 aliphatic rings. The first kappa shape index (κ1) is 24.8. The molecule has 1 heterocycles. The fourth-order valence-corrected chi connectivity index (χ4v) is 3.49. The summed E-state index contributed by atoms with van der Waals surface area (Å²) in [4.78, 5) is 26.9. The van der Waals surface area contributed by atoms with Crippen molar-refractivity contribution in [2.45, 2.75) is 44.9 Å². The molecule has 5 N–H and O–H groups in total. The van der Waals surface area contributed by atoms with E-state index in [-0.39, 0.29) is 23.7 Å². The number of ether oxygens (including phenoxy) is 1. The van der Waals surface area contributed by atoms with Crippen LogP contribution in [0.1, 0.15) is 53.7 Å². The molecule has 0 bridgehead atoms. The Balaban J connectivity index is 1.65. The monoisotopic (exact) mass is 463 g/mol. The van der Waals surface area contributed by atoms with Crippen LogP contribution in [-0.4, -0.2) is 21.9 Å². The molecule has 0 radical (unpaired) electrons. The molecule has 34 heavy (non-hydrogen) atoms. The molecule has 0 aliphatic carbocycles. The lowest BCUT2D eigenvalue weighted by Gasteiger charge is -2.25. The number of nitro groups is 1. The van der Waals surface area contributed by atoms with E-state index in [2.05, 4.69) is 17.2 Å². The summed E-state index contributed by atoms with van der Waals surface area (Å²) in [6, 6.07) is 16.3. The number of carbonyl (C=O) groups is 1. The summed E-state index contributed by atoms with van der Waals surface area (Å²) in [6.45, 7) is 2.40. The van der Waals surface area contributed by atoms with Gasteiger partial charge in [-0.05, 0) is 47.9 Å². The van der Waals surface area contributed by atoms with E-state index in [4.69, 9.17) is 16.2 Å². The molecular weight excluding hydrogens is 434 g/mol. The highest BCUT2D eigenvalue weighted by atomic mass is 16.6. The first-order chi connectivity index (χ1) is 16.4. The molecule has 0 saturated carbocycles. The molecule has 3 aromatic rings. The zero-order valence-electron chi connectivity index (χ0n) is 19.0. The Kier molecular flexibility index (Phi) is 8.66. The lowest BCUT2D eigenvalue weighted by molar-refractivity contribution is -0.384. The van der Waals surface area contributed by atoms with Crippen LogP contribution in [0.5, 0.6) is 0 Å². The molecule has 0 fully saturated rings. The second-order valence-electron chi connectivity index (χ2n) is 7.99. The Labute approximate surface area is 198 Å². The number of carbonyl (C=O) groups excluding carboxylic acids is 1. The summed E-state index contributed by atoms with van der Waals surface area (Å²) in [5, 5.41) is 13.6. The molecule has 178 valence electrons. The highest BCUT2D eigenvalue weighted by Crippen LogP contribution is 2.24. The van der Waals surface area contributed by atoms with Gasteiger partial charge in [-0.2, -0.15) is 0 Å². The summed E-state index contributed by atoms with van der Waals surface area (Å²) in [7, 11) is 0. The third kappa shape index (κ3) is 6.84. The number of non-ortho nitro benzene ring substituents is 1. The Hall–Kier alpha value is -3.82. The average molecular weight is 464 g/mol. The smallest absolute Gasteiger partial charge is 0.269 e. The number of hydrogen-bond acceptors (Lipinski definition) is 7. The molecule has 0 saturated heterocycles. The standard InChI is InChI=1S/C25H29N5O4/c1-2-3-4-22(34-16-17-5-11-21(12-6-17)30(32)33)24(27)18-7-9-19(10-8-18)25(31)29-20-13-14-28-23(26)15-20/h5-15,22,24H,2-4,16,27H2,1H3,(H3,26,28,29,31). The number of unbranched alkanes of at least 4 members (excludes halogenated alkanes) is 1. The molecule has 2 aromatic carbocycles.